The van der Waals surface area contributed by atoms with Gasteiger partial charge in [-0.1, -0.05) is 31.2 Å². The van der Waals surface area contributed by atoms with E-state index in [4.69, 9.17) is 0 Å². The average molecular weight is 414 g/mol. The number of nitrogens with zero attached hydrogens (tertiary/aromatic N) is 4. The molecule has 6 heteroatoms. The zero-order valence-electron chi connectivity index (χ0n) is 18.1. The zero-order valence-corrected chi connectivity index (χ0v) is 18.1. The number of amides is 1. The average Bonchev–Trinajstić information content (AvgIpc) is 3.22. The maximum absolute atomic E-state index is 12.6. The van der Waals surface area contributed by atoms with Crippen LogP contribution in [0.5, 0.6) is 0 Å². The predicted octanol–water partition coefficient (Wildman–Crippen LogP) is 4.88. The molecule has 2 aromatic heterocycles. The molecule has 0 saturated heterocycles. The largest absolute Gasteiger partial charge is 0.322 e. The third kappa shape index (κ3) is 4.81. The molecule has 0 atom stereocenters. The number of carbonyl (C=O) groups is 1. The van der Waals surface area contributed by atoms with Gasteiger partial charge in [-0.05, 0) is 56.3 Å². The van der Waals surface area contributed by atoms with Gasteiger partial charge in [0, 0.05) is 48.0 Å². The summed E-state index contributed by atoms with van der Waals surface area (Å²) in [5.74, 6) is 0.543. The molecule has 2 aromatic carbocycles. The second kappa shape index (κ2) is 9.10. The Morgan fingerprint density at radius 3 is 2.48 bits per heavy atom. The fraction of sp³-hybridized carbons (Fsp3) is 0.240. The second-order valence-electron chi connectivity index (χ2n) is 7.84. The van der Waals surface area contributed by atoms with E-state index in [1.807, 2.05) is 71.4 Å². The van der Waals surface area contributed by atoms with Gasteiger partial charge in [-0.2, -0.15) is 0 Å². The maximum Gasteiger partial charge on any atom is 0.255 e. The molecule has 0 bridgehead atoms. The molecular weight excluding hydrogens is 386 g/mol. The first-order valence-corrected chi connectivity index (χ1v) is 10.6. The van der Waals surface area contributed by atoms with Crippen LogP contribution in [0.1, 0.15) is 36.7 Å². The number of benzene rings is 2. The molecule has 0 aliphatic heterocycles. The van der Waals surface area contributed by atoms with Gasteiger partial charge >= 0.3 is 0 Å². The Bertz CT molecular complexity index is 1130. The Morgan fingerprint density at radius 2 is 1.84 bits per heavy atom. The third-order valence-electron chi connectivity index (χ3n) is 5.41. The van der Waals surface area contributed by atoms with Gasteiger partial charge in [-0.25, -0.2) is 9.97 Å². The van der Waals surface area contributed by atoms with Crippen LogP contribution in [0.3, 0.4) is 0 Å². The quantitative estimate of drug-likeness (QED) is 0.469. The van der Waals surface area contributed by atoms with Crippen molar-refractivity contribution in [1.29, 1.82) is 0 Å². The summed E-state index contributed by atoms with van der Waals surface area (Å²) in [6.07, 6.45) is 5.58. The number of imidazole rings is 1. The number of anilines is 1. The zero-order chi connectivity index (χ0) is 21.8. The molecule has 0 radical (unpaired) electrons. The first-order chi connectivity index (χ1) is 15.0. The van der Waals surface area contributed by atoms with Crippen LogP contribution in [0.15, 0.2) is 73.2 Å². The van der Waals surface area contributed by atoms with E-state index >= 15 is 0 Å². The molecule has 0 unspecified atom stereocenters. The number of carbonyl (C=O) groups excluding carboxylic acids is 1. The highest BCUT2D eigenvalue weighted by Gasteiger charge is 2.10. The molecule has 2 heterocycles. The van der Waals surface area contributed by atoms with Crippen LogP contribution in [0.2, 0.25) is 0 Å². The van der Waals surface area contributed by atoms with E-state index in [1.54, 1.807) is 6.20 Å². The van der Waals surface area contributed by atoms with Gasteiger partial charge in [0.2, 0.25) is 5.78 Å². The van der Waals surface area contributed by atoms with E-state index in [1.165, 1.54) is 5.56 Å². The van der Waals surface area contributed by atoms with Crippen molar-refractivity contribution in [2.75, 3.05) is 11.9 Å². The Morgan fingerprint density at radius 1 is 1.10 bits per heavy atom. The lowest BCUT2D eigenvalue weighted by Crippen LogP contribution is -2.29. The number of nitrogens with one attached hydrogen (secondary N) is 1. The Labute approximate surface area is 182 Å². The highest BCUT2D eigenvalue weighted by atomic mass is 16.1. The summed E-state index contributed by atoms with van der Waals surface area (Å²) < 4.78 is 1.88. The molecule has 0 aliphatic carbocycles. The molecule has 4 aromatic rings. The molecule has 0 saturated carbocycles. The van der Waals surface area contributed by atoms with E-state index in [-0.39, 0.29) is 5.91 Å². The summed E-state index contributed by atoms with van der Waals surface area (Å²) in [5, 5.41) is 2.97. The number of hydrogen-bond donors (Lipinski definition) is 1. The molecule has 1 amide bonds. The highest BCUT2D eigenvalue weighted by molar-refractivity contribution is 6.04. The van der Waals surface area contributed by atoms with E-state index in [2.05, 4.69) is 41.0 Å². The number of aromatic nitrogens is 3. The van der Waals surface area contributed by atoms with Crippen molar-refractivity contribution in [1.82, 2.24) is 19.3 Å². The first-order valence-electron chi connectivity index (χ1n) is 10.6. The molecule has 0 fully saturated rings. The summed E-state index contributed by atoms with van der Waals surface area (Å²) in [5.41, 5.74) is 4.41. The summed E-state index contributed by atoms with van der Waals surface area (Å²) in [4.78, 5) is 23.8. The minimum Gasteiger partial charge on any atom is -0.322 e. The molecule has 31 heavy (non-hydrogen) atoms. The van der Waals surface area contributed by atoms with Crippen molar-refractivity contribution in [2.24, 2.45) is 0 Å². The molecule has 6 nitrogen and oxygen atoms in total. The normalized spacial score (nSPS) is 11.4. The van der Waals surface area contributed by atoms with Crippen molar-refractivity contribution in [3.8, 4) is 11.3 Å². The minimum atomic E-state index is -0.118. The van der Waals surface area contributed by atoms with Crippen molar-refractivity contribution in [3.63, 3.8) is 0 Å². The van der Waals surface area contributed by atoms with Gasteiger partial charge in [-0.3, -0.25) is 14.1 Å². The lowest BCUT2D eigenvalue weighted by molar-refractivity contribution is 0.102. The van der Waals surface area contributed by atoms with Crippen LogP contribution in [-0.4, -0.2) is 37.8 Å². The summed E-state index contributed by atoms with van der Waals surface area (Å²) in [7, 11) is 0. The molecule has 158 valence electrons. The van der Waals surface area contributed by atoms with Crippen LogP contribution in [0.4, 0.5) is 5.69 Å². The van der Waals surface area contributed by atoms with Gasteiger partial charge in [0.05, 0.1) is 5.69 Å². The van der Waals surface area contributed by atoms with Gasteiger partial charge < -0.3 is 5.32 Å². The van der Waals surface area contributed by atoms with Crippen molar-refractivity contribution in [3.05, 3.63) is 84.3 Å². The van der Waals surface area contributed by atoms with Crippen molar-refractivity contribution >= 4 is 17.4 Å². The topological polar surface area (TPSA) is 62.5 Å². The van der Waals surface area contributed by atoms with Gasteiger partial charge in [0.25, 0.3) is 5.91 Å². The molecule has 0 spiro atoms. The monoisotopic (exact) mass is 413 g/mol. The fourth-order valence-corrected chi connectivity index (χ4v) is 3.55. The third-order valence-corrected chi connectivity index (χ3v) is 5.41. The summed E-state index contributed by atoms with van der Waals surface area (Å²) in [6, 6.07) is 17.9. The standard InChI is InChI=1S/C25H27N5O/c1-4-29(18(2)3)16-19-6-8-21(9-7-19)24(31)27-22-12-10-20(11-13-22)23-17-30-15-5-14-26-25(30)28-23/h5-15,17-18H,4,16H2,1-3H3,(H,27,31). The lowest BCUT2D eigenvalue weighted by Gasteiger charge is -2.24. The smallest absolute Gasteiger partial charge is 0.255 e. The number of fused-ring (bicyclic) bond motifs is 1. The minimum absolute atomic E-state index is 0.118. The Kier molecular flexibility index (Phi) is 6.09. The second-order valence-corrected chi connectivity index (χ2v) is 7.84. The number of rotatable bonds is 7. The lowest BCUT2D eigenvalue weighted by atomic mass is 10.1. The summed E-state index contributed by atoms with van der Waals surface area (Å²) in [6.45, 7) is 8.45. The van der Waals surface area contributed by atoms with E-state index in [0.29, 0.717) is 17.4 Å². The van der Waals surface area contributed by atoms with Crippen LogP contribution in [0, 0.1) is 0 Å². The van der Waals surface area contributed by atoms with Crippen molar-refractivity contribution in [2.45, 2.75) is 33.4 Å². The van der Waals surface area contributed by atoms with Crippen molar-refractivity contribution < 1.29 is 4.79 Å². The first kappa shape index (κ1) is 20.8. The molecule has 1 N–H and O–H groups in total. The predicted molar refractivity (Wildman–Crippen MR) is 124 cm³/mol. The van der Waals surface area contributed by atoms with Crippen LogP contribution in [-0.2, 0) is 6.54 Å². The summed E-state index contributed by atoms with van der Waals surface area (Å²) >= 11 is 0. The number of hydrogen-bond acceptors (Lipinski definition) is 4. The van der Waals surface area contributed by atoms with E-state index < -0.39 is 0 Å². The van der Waals surface area contributed by atoms with Crippen LogP contribution in [0.25, 0.3) is 17.0 Å². The van der Waals surface area contributed by atoms with Crippen LogP contribution < -0.4 is 5.32 Å². The SMILES string of the molecule is CCN(Cc1ccc(C(=O)Nc2ccc(-c3cn4cccnc4n3)cc2)cc1)C(C)C. The molecule has 0 aliphatic rings. The van der Waals surface area contributed by atoms with E-state index in [9.17, 15) is 4.79 Å². The fourth-order valence-electron chi connectivity index (χ4n) is 3.55. The molecule has 4 rings (SSSR count). The molecular formula is C25H27N5O. The highest BCUT2D eigenvalue weighted by Crippen LogP contribution is 2.21. The van der Waals surface area contributed by atoms with Crippen LogP contribution >= 0.6 is 0 Å². The van der Waals surface area contributed by atoms with Gasteiger partial charge in [0.1, 0.15) is 0 Å². The van der Waals surface area contributed by atoms with Gasteiger partial charge in [0.15, 0.2) is 0 Å². The Hall–Kier alpha value is -3.51. The maximum atomic E-state index is 12.6. The Balaban J connectivity index is 1.41. The van der Waals surface area contributed by atoms with Gasteiger partial charge in [-0.15, -0.1) is 0 Å². The van der Waals surface area contributed by atoms with E-state index in [0.717, 1.165) is 30.0 Å².